The first-order valence-corrected chi connectivity index (χ1v) is 5.69. The quantitative estimate of drug-likeness (QED) is 0.708. The van der Waals surface area contributed by atoms with E-state index in [9.17, 15) is 18.4 Å². The maximum atomic E-state index is 13.2. The van der Waals surface area contributed by atoms with Gasteiger partial charge >= 0.3 is 0 Å². The highest BCUT2D eigenvalue weighted by Crippen LogP contribution is 2.17. The van der Waals surface area contributed by atoms with Crippen LogP contribution in [0.25, 0.3) is 0 Å². The van der Waals surface area contributed by atoms with E-state index in [1.165, 1.54) is 6.92 Å². The number of hydrogen-bond donors (Lipinski definition) is 3. The van der Waals surface area contributed by atoms with Crippen LogP contribution in [0.15, 0.2) is 12.1 Å². The zero-order chi connectivity index (χ0) is 14.6. The molecule has 1 unspecified atom stereocenters. The Balaban J connectivity index is 2.82. The van der Waals surface area contributed by atoms with Crippen molar-refractivity contribution in [2.45, 2.75) is 19.9 Å². The van der Waals surface area contributed by atoms with Gasteiger partial charge < -0.3 is 16.4 Å². The number of nitrogens with one attached hydrogen (secondary N) is 2. The lowest BCUT2D eigenvalue weighted by molar-refractivity contribution is -0.122. The van der Waals surface area contributed by atoms with Crippen LogP contribution in [0.5, 0.6) is 0 Å². The highest BCUT2D eigenvalue weighted by atomic mass is 19.1. The van der Waals surface area contributed by atoms with Crippen molar-refractivity contribution in [1.29, 1.82) is 0 Å². The number of nitrogens with two attached hydrogens (primary N) is 1. The summed E-state index contributed by atoms with van der Waals surface area (Å²) in [5.74, 6) is -3.17. The third-order valence-electron chi connectivity index (χ3n) is 2.43. The van der Waals surface area contributed by atoms with Crippen molar-refractivity contribution in [2.24, 2.45) is 0 Å². The van der Waals surface area contributed by atoms with Crippen LogP contribution in [0.1, 0.15) is 24.2 Å². The normalized spacial score (nSPS) is 11.8. The molecule has 104 valence electrons. The van der Waals surface area contributed by atoms with E-state index in [1.54, 1.807) is 6.92 Å². The Kier molecular flexibility index (Phi) is 4.80. The number of rotatable bonds is 4. The first kappa shape index (κ1) is 14.9. The van der Waals surface area contributed by atoms with Crippen molar-refractivity contribution in [3.05, 3.63) is 29.3 Å². The van der Waals surface area contributed by atoms with E-state index in [0.717, 1.165) is 12.1 Å². The molecule has 19 heavy (non-hydrogen) atoms. The lowest BCUT2D eigenvalue weighted by Gasteiger charge is -2.13. The highest BCUT2D eigenvalue weighted by Gasteiger charge is 2.18. The van der Waals surface area contributed by atoms with Gasteiger partial charge in [0.05, 0.1) is 0 Å². The molecule has 2 amide bonds. The highest BCUT2D eigenvalue weighted by molar-refractivity contribution is 5.97. The van der Waals surface area contributed by atoms with E-state index >= 15 is 0 Å². The van der Waals surface area contributed by atoms with E-state index in [-0.39, 0.29) is 11.5 Å². The van der Waals surface area contributed by atoms with Gasteiger partial charge in [-0.1, -0.05) is 0 Å². The Morgan fingerprint density at radius 3 is 2.32 bits per heavy atom. The maximum Gasteiger partial charge on any atom is 0.252 e. The van der Waals surface area contributed by atoms with Gasteiger partial charge in [0, 0.05) is 12.1 Å². The number of hydrogen-bond acceptors (Lipinski definition) is 3. The molecule has 0 fully saturated rings. The number of nitrogen functional groups attached to an aromatic ring is 1. The number of benzene rings is 1. The molecule has 0 saturated heterocycles. The number of halogens is 2. The van der Waals surface area contributed by atoms with E-state index in [4.69, 9.17) is 5.73 Å². The molecule has 4 N–H and O–H groups in total. The molecule has 0 heterocycles. The van der Waals surface area contributed by atoms with Gasteiger partial charge in [-0.15, -0.1) is 0 Å². The van der Waals surface area contributed by atoms with Gasteiger partial charge in [-0.05, 0) is 26.0 Å². The molecule has 1 atom stereocenters. The number of amides is 2. The third kappa shape index (κ3) is 3.64. The molecule has 0 aromatic heterocycles. The molecule has 1 aromatic rings. The largest absolute Gasteiger partial charge is 0.394 e. The Bertz CT molecular complexity index is 483. The smallest absolute Gasteiger partial charge is 0.252 e. The number of anilines is 1. The van der Waals surface area contributed by atoms with Gasteiger partial charge in [0.25, 0.3) is 5.91 Å². The standard InChI is InChI=1S/C12H15F2N3O2/c1-3-16-11(18)6(2)17-12(19)7-4-8(13)10(15)9(14)5-7/h4-6H,3,15H2,1-2H3,(H,16,18)(H,17,19). The van der Waals surface area contributed by atoms with Crippen LogP contribution in [-0.2, 0) is 4.79 Å². The summed E-state index contributed by atoms with van der Waals surface area (Å²) in [4.78, 5) is 23.1. The monoisotopic (exact) mass is 271 g/mol. The molecular weight excluding hydrogens is 256 g/mol. The van der Waals surface area contributed by atoms with Crippen molar-refractivity contribution in [1.82, 2.24) is 10.6 Å². The predicted molar refractivity (Wildman–Crippen MR) is 66.4 cm³/mol. The molecule has 5 nitrogen and oxygen atoms in total. The molecule has 0 spiro atoms. The van der Waals surface area contributed by atoms with Crippen molar-refractivity contribution in [3.8, 4) is 0 Å². The fraction of sp³-hybridized carbons (Fsp3) is 0.333. The molecule has 0 aliphatic rings. The first-order chi connectivity index (χ1) is 8.86. The second kappa shape index (κ2) is 6.12. The number of likely N-dealkylation sites (N-methyl/N-ethyl adjacent to an activating group) is 1. The van der Waals surface area contributed by atoms with Crippen LogP contribution in [-0.4, -0.2) is 24.4 Å². The lowest BCUT2D eigenvalue weighted by Crippen LogP contribution is -2.44. The van der Waals surface area contributed by atoms with Crippen LogP contribution < -0.4 is 16.4 Å². The summed E-state index contributed by atoms with van der Waals surface area (Å²) in [6, 6.07) is 0.826. The lowest BCUT2D eigenvalue weighted by atomic mass is 10.1. The van der Waals surface area contributed by atoms with Crippen LogP contribution in [0.4, 0.5) is 14.5 Å². The Morgan fingerprint density at radius 2 is 1.84 bits per heavy atom. The fourth-order valence-electron chi connectivity index (χ4n) is 1.39. The minimum Gasteiger partial charge on any atom is -0.394 e. The average molecular weight is 271 g/mol. The van der Waals surface area contributed by atoms with Gasteiger partial charge in [0.2, 0.25) is 5.91 Å². The Labute approximate surface area is 109 Å². The van der Waals surface area contributed by atoms with E-state index < -0.39 is 29.3 Å². The Morgan fingerprint density at radius 1 is 1.32 bits per heavy atom. The first-order valence-electron chi connectivity index (χ1n) is 5.69. The second-order valence-corrected chi connectivity index (χ2v) is 3.94. The zero-order valence-corrected chi connectivity index (χ0v) is 10.6. The van der Waals surface area contributed by atoms with Gasteiger partial charge in [-0.2, -0.15) is 0 Å². The number of carbonyl (C=O) groups is 2. The Hall–Kier alpha value is -2.18. The molecule has 0 saturated carbocycles. The summed E-state index contributed by atoms with van der Waals surface area (Å²) in [7, 11) is 0. The van der Waals surface area contributed by atoms with Gasteiger partial charge in [0.1, 0.15) is 23.4 Å². The van der Waals surface area contributed by atoms with Crippen LogP contribution in [0, 0.1) is 11.6 Å². The number of carbonyl (C=O) groups excluding carboxylic acids is 2. The van der Waals surface area contributed by atoms with E-state index in [0.29, 0.717) is 6.54 Å². The summed E-state index contributed by atoms with van der Waals surface area (Å²) in [5.41, 5.74) is 4.21. The van der Waals surface area contributed by atoms with Crippen LogP contribution >= 0.6 is 0 Å². The van der Waals surface area contributed by atoms with Crippen LogP contribution in [0.3, 0.4) is 0 Å². The summed E-state index contributed by atoms with van der Waals surface area (Å²) in [5, 5.41) is 4.84. The van der Waals surface area contributed by atoms with Crippen molar-refractivity contribution in [3.63, 3.8) is 0 Å². The van der Waals surface area contributed by atoms with Gasteiger partial charge in [-0.3, -0.25) is 9.59 Å². The van der Waals surface area contributed by atoms with Gasteiger partial charge in [0.15, 0.2) is 0 Å². The fourth-order valence-corrected chi connectivity index (χ4v) is 1.39. The average Bonchev–Trinajstić information content (AvgIpc) is 2.35. The molecule has 1 aromatic carbocycles. The molecular formula is C12H15F2N3O2. The maximum absolute atomic E-state index is 13.2. The molecule has 0 aliphatic carbocycles. The second-order valence-electron chi connectivity index (χ2n) is 3.94. The minimum absolute atomic E-state index is 0.236. The van der Waals surface area contributed by atoms with Crippen molar-refractivity contribution < 1.29 is 18.4 Å². The summed E-state index contributed by atoms with van der Waals surface area (Å²) in [6.45, 7) is 3.62. The van der Waals surface area contributed by atoms with Crippen molar-refractivity contribution in [2.75, 3.05) is 12.3 Å². The molecule has 1 rings (SSSR count). The third-order valence-corrected chi connectivity index (χ3v) is 2.43. The summed E-state index contributed by atoms with van der Waals surface area (Å²) in [6.07, 6.45) is 0. The van der Waals surface area contributed by atoms with Crippen molar-refractivity contribution >= 4 is 17.5 Å². The molecule has 7 heteroatoms. The zero-order valence-electron chi connectivity index (χ0n) is 10.6. The molecule has 0 radical (unpaired) electrons. The predicted octanol–water partition coefficient (Wildman–Crippen LogP) is 0.801. The summed E-state index contributed by atoms with van der Waals surface area (Å²) < 4.78 is 26.4. The molecule has 0 aliphatic heterocycles. The van der Waals surface area contributed by atoms with E-state index in [1.807, 2.05) is 0 Å². The van der Waals surface area contributed by atoms with Crippen LogP contribution in [0.2, 0.25) is 0 Å². The summed E-state index contributed by atoms with van der Waals surface area (Å²) >= 11 is 0. The molecule has 0 bridgehead atoms. The van der Waals surface area contributed by atoms with Gasteiger partial charge in [-0.25, -0.2) is 8.78 Å². The topological polar surface area (TPSA) is 84.2 Å². The SMILES string of the molecule is CCNC(=O)C(C)NC(=O)c1cc(F)c(N)c(F)c1. The van der Waals surface area contributed by atoms with E-state index in [2.05, 4.69) is 10.6 Å². The minimum atomic E-state index is -1.02.